The Balaban J connectivity index is 1.77. The quantitative estimate of drug-likeness (QED) is 0.0420. The van der Waals surface area contributed by atoms with Crippen LogP contribution in [0.4, 0.5) is 0 Å². The summed E-state index contributed by atoms with van der Waals surface area (Å²) in [7, 11) is -13.8. The van der Waals surface area contributed by atoms with Gasteiger partial charge >= 0.3 is 0 Å². The van der Waals surface area contributed by atoms with Gasteiger partial charge in [-0.2, -0.15) is 0 Å². The summed E-state index contributed by atoms with van der Waals surface area (Å²) >= 11 is 0. The van der Waals surface area contributed by atoms with Crippen molar-refractivity contribution < 1.29 is 53.7 Å². The molecule has 3 aliphatic rings. The minimum atomic E-state index is -4.61. The number of sulfone groups is 3. The summed E-state index contributed by atoms with van der Waals surface area (Å²) in [5.41, 5.74) is 0. The Morgan fingerprint density at radius 2 is 0.421 bits per heavy atom. The Bertz CT molecular complexity index is 2120. The van der Waals surface area contributed by atoms with Crippen LogP contribution in [0.1, 0.15) is 119 Å². The average molecular weight is 847 g/mol. The van der Waals surface area contributed by atoms with Gasteiger partial charge in [-0.1, -0.05) is 80.1 Å². The van der Waals surface area contributed by atoms with Crippen molar-refractivity contribution in [2.75, 3.05) is 39.6 Å². The van der Waals surface area contributed by atoms with E-state index in [1.54, 1.807) is 0 Å². The first-order valence-corrected chi connectivity index (χ1v) is 25.1. The van der Waals surface area contributed by atoms with Crippen LogP contribution in [0.5, 0.6) is 34.5 Å². The molecule has 312 valence electrons. The first-order valence-electron chi connectivity index (χ1n) is 20.7. The van der Waals surface area contributed by atoms with E-state index in [9.17, 15) is 0 Å². The van der Waals surface area contributed by atoms with Crippen LogP contribution < -0.4 is 28.4 Å². The highest BCUT2D eigenvalue weighted by molar-refractivity contribution is 7.94. The van der Waals surface area contributed by atoms with Crippen molar-refractivity contribution in [3.63, 3.8) is 0 Å². The van der Waals surface area contributed by atoms with E-state index in [2.05, 4.69) is 0 Å². The Morgan fingerprint density at radius 1 is 0.281 bits per heavy atom. The Labute approximate surface area is 336 Å². The third-order valence-electron chi connectivity index (χ3n) is 10.8. The van der Waals surface area contributed by atoms with E-state index < -0.39 is 29.5 Å². The van der Waals surface area contributed by atoms with Crippen molar-refractivity contribution in [2.45, 2.75) is 148 Å². The van der Waals surface area contributed by atoms with E-state index >= 15 is 25.3 Å². The fourth-order valence-electron chi connectivity index (χ4n) is 7.95. The second-order valence-corrected chi connectivity index (χ2v) is 20.4. The molecular weight excluding hydrogens is 793 g/mol. The molecule has 0 saturated carbocycles. The van der Waals surface area contributed by atoms with Gasteiger partial charge < -0.3 is 28.4 Å². The van der Waals surface area contributed by atoms with Gasteiger partial charge in [0, 0.05) is 32.3 Å². The molecule has 0 fully saturated rings. The van der Waals surface area contributed by atoms with Gasteiger partial charge in [0.25, 0.3) is 0 Å². The van der Waals surface area contributed by atoms with Crippen molar-refractivity contribution in [1.82, 2.24) is 0 Å². The highest BCUT2D eigenvalue weighted by Gasteiger charge is 2.55. The van der Waals surface area contributed by atoms with Gasteiger partial charge in [0.2, 0.25) is 29.5 Å². The standard InChI is InChI=1S/C42H54O12S3/c1-7-13-19-49-31-32(50-20-14-8-2)38-26-25-27-29-30-28(26)40(56(38,45)46)35(53-23-17-11-5)36(54-24-18-12-6)42(30)57(47,48)41(29)34(52-22-16-10-4)33(51-21-15-9-3)39(27)55(43,44)37(25)31/h7-24H2,1-6H3. The summed E-state index contributed by atoms with van der Waals surface area (Å²) in [5.74, 6) is -1.25. The van der Waals surface area contributed by atoms with Gasteiger partial charge in [0.1, 0.15) is 29.4 Å². The lowest BCUT2D eigenvalue weighted by atomic mass is 9.93. The van der Waals surface area contributed by atoms with Crippen molar-refractivity contribution in [1.29, 1.82) is 0 Å². The van der Waals surface area contributed by atoms with Crippen molar-refractivity contribution in [2.24, 2.45) is 0 Å². The molecule has 0 N–H and O–H groups in total. The molecular formula is C42H54O12S3. The lowest BCUT2D eigenvalue weighted by Crippen LogP contribution is -2.12. The van der Waals surface area contributed by atoms with E-state index in [-0.39, 0.29) is 136 Å². The summed E-state index contributed by atoms with van der Waals surface area (Å²) in [6.07, 6.45) is 7.65. The highest BCUT2D eigenvalue weighted by atomic mass is 32.2. The number of benzene rings is 4. The van der Waals surface area contributed by atoms with Crippen LogP contribution >= 0.6 is 0 Å². The minimum Gasteiger partial charge on any atom is -0.488 e. The van der Waals surface area contributed by atoms with E-state index in [1.807, 2.05) is 41.5 Å². The molecule has 4 aromatic carbocycles. The third kappa shape index (κ3) is 6.19. The zero-order valence-corrected chi connectivity index (χ0v) is 36.3. The number of hydrogen-bond donors (Lipinski definition) is 0. The third-order valence-corrected chi connectivity index (χ3v) is 16.4. The molecule has 0 bridgehead atoms. The summed E-state index contributed by atoms with van der Waals surface area (Å²) in [4.78, 5) is -1.56. The molecule has 0 spiro atoms. The summed E-state index contributed by atoms with van der Waals surface area (Å²) < 4.78 is 131. The predicted octanol–water partition coefficient (Wildman–Crippen LogP) is 9.66. The molecule has 4 aromatic rings. The highest BCUT2D eigenvalue weighted by Crippen LogP contribution is 2.69. The minimum absolute atomic E-state index is 0.0723. The molecule has 0 amide bonds. The fraction of sp³-hybridized carbons (Fsp3) is 0.571. The van der Waals surface area contributed by atoms with Crippen LogP contribution in [-0.2, 0) is 29.5 Å². The number of hydrogen-bond acceptors (Lipinski definition) is 12. The topological polar surface area (TPSA) is 158 Å². The molecule has 0 saturated heterocycles. The zero-order valence-electron chi connectivity index (χ0n) is 33.9. The number of ether oxygens (including phenoxy) is 6. The maximum atomic E-state index is 15.5. The van der Waals surface area contributed by atoms with Gasteiger partial charge in [-0.25, -0.2) is 25.3 Å². The second kappa shape index (κ2) is 16.2. The molecule has 3 aliphatic heterocycles. The molecule has 0 radical (unpaired) electrons. The van der Waals surface area contributed by atoms with E-state index in [0.29, 0.717) is 38.5 Å². The van der Waals surface area contributed by atoms with Gasteiger partial charge in [-0.15, -0.1) is 0 Å². The van der Waals surface area contributed by atoms with Gasteiger partial charge in [-0.05, 0) is 38.5 Å². The van der Waals surface area contributed by atoms with Crippen LogP contribution in [-0.4, -0.2) is 64.9 Å². The van der Waals surface area contributed by atoms with E-state index in [4.69, 9.17) is 28.4 Å². The number of unbranched alkanes of at least 4 members (excludes halogenated alkanes) is 6. The first-order chi connectivity index (χ1) is 27.4. The summed E-state index contributed by atoms with van der Waals surface area (Å²) in [5, 5.41) is 0.434. The fourth-order valence-corrected chi connectivity index (χ4v) is 13.8. The molecule has 0 atom stereocenters. The SMILES string of the molecule is CCCCOc1c(OCCCC)c2c3c4c1S(=O)(=O)c1c(OCCCC)c(OCCCC)c5c(c14)c1c(c(OCCCC)c(OCCCC)c(c31)S2(=O)=O)S5(=O)=O. The van der Waals surface area contributed by atoms with Crippen molar-refractivity contribution in [3.05, 3.63) is 0 Å². The van der Waals surface area contributed by atoms with Crippen molar-refractivity contribution in [3.8, 4) is 34.5 Å². The molecule has 12 nitrogen and oxygen atoms in total. The molecule has 0 aliphatic carbocycles. The maximum Gasteiger partial charge on any atom is 0.215 e. The predicted molar refractivity (Wildman–Crippen MR) is 218 cm³/mol. The maximum absolute atomic E-state index is 15.5. The lowest BCUT2D eigenvalue weighted by Gasteiger charge is -2.19. The van der Waals surface area contributed by atoms with Gasteiger partial charge in [0.05, 0.1) is 39.6 Å². The molecule has 0 unspecified atom stereocenters. The van der Waals surface area contributed by atoms with Gasteiger partial charge in [0.15, 0.2) is 34.5 Å². The summed E-state index contributed by atoms with van der Waals surface area (Å²) in [6, 6.07) is 0. The van der Waals surface area contributed by atoms with Crippen LogP contribution in [0.25, 0.3) is 32.3 Å². The molecule has 0 aromatic heterocycles. The monoisotopic (exact) mass is 846 g/mol. The van der Waals surface area contributed by atoms with Gasteiger partial charge in [-0.3, -0.25) is 0 Å². The van der Waals surface area contributed by atoms with Crippen LogP contribution in [0.3, 0.4) is 0 Å². The largest absolute Gasteiger partial charge is 0.488 e. The molecule has 7 rings (SSSR count). The summed E-state index contributed by atoms with van der Waals surface area (Å²) in [6.45, 7) is 12.3. The smallest absolute Gasteiger partial charge is 0.215 e. The average Bonchev–Trinajstić information content (AvgIpc) is 3.67. The first kappa shape index (κ1) is 41.5. The second-order valence-electron chi connectivity index (χ2n) is 14.9. The number of rotatable bonds is 24. The Morgan fingerprint density at radius 3 is 0.544 bits per heavy atom. The normalized spacial score (nSPS) is 15.9. The zero-order chi connectivity index (χ0) is 40.9. The lowest BCUT2D eigenvalue weighted by molar-refractivity contribution is 0.251. The van der Waals surface area contributed by atoms with E-state index in [0.717, 1.165) is 38.5 Å². The van der Waals surface area contributed by atoms with Crippen molar-refractivity contribution >= 4 is 61.8 Å². The van der Waals surface area contributed by atoms with Crippen LogP contribution in [0, 0.1) is 0 Å². The van der Waals surface area contributed by atoms with Crippen LogP contribution in [0.15, 0.2) is 29.4 Å². The molecule has 57 heavy (non-hydrogen) atoms. The Kier molecular flexibility index (Phi) is 11.8. The van der Waals surface area contributed by atoms with Crippen LogP contribution in [0.2, 0.25) is 0 Å². The molecule has 3 heterocycles. The Hall–Kier alpha value is -3.69. The van der Waals surface area contributed by atoms with E-state index in [1.165, 1.54) is 0 Å². The molecule has 15 heteroatoms.